The molecule has 6 heteroatoms. The lowest BCUT2D eigenvalue weighted by molar-refractivity contribution is -0.126. The number of anilines is 1. The fraction of sp³-hybridized carbons (Fsp3) is 0.737. The van der Waals surface area contributed by atoms with Crippen LogP contribution in [0, 0.1) is 5.92 Å². The summed E-state index contributed by atoms with van der Waals surface area (Å²) in [5, 5.41) is 7.40. The first-order valence-electron chi connectivity index (χ1n) is 9.72. The van der Waals surface area contributed by atoms with Gasteiger partial charge in [-0.3, -0.25) is 9.59 Å². The Balaban J connectivity index is 1.59. The van der Waals surface area contributed by atoms with Crippen LogP contribution < -0.4 is 15.8 Å². The Morgan fingerprint density at radius 1 is 1.12 bits per heavy atom. The van der Waals surface area contributed by atoms with Gasteiger partial charge in [0.25, 0.3) is 5.56 Å². The van der Waals surface area contributed by atoms with Crippen molar-refractivity contribution < 1.29 is 4.79 Å². The van der Waals surface area contributed by atoms with Crippen molar-refractivity contribution in [2.45, 2.75) is 63.8 Å². The molecule has 0 unspecified atom stereocenters. The summed E-state index contributed by atoms with van der Waals surface area (Å²) in [4.78, 5) is 26.7. The summed E-state index contributed by atoms with van der Waals surface area (Å²) in [6, 6.07) is 1.95. The van der Waals surface area contributed by atoms with Gasteiger partial charge in [0.05, 0.1) is 17.8 Å². The van der Waals surface area contributed by atoms with E-state index >= 15 is 0 Å². The Hall–Kier alpha value is -1.85. The third kappa shape index (κ3) is 4.83. The van der Waals surface area contributed by atoms with Crippen LogP contribution in [0.3, 0.4) is 0 Å². The highest BCUT2D eigenvalue weighted by Gasteiger charge is 2.27. The van der Waals surface area contributed by atoms with Crippen LogP contribution >= 0.6 is 0 Å². The van der Waals surface area contributed by atoms with Gasteiger partial charge in [-0.1, -0.05) is 32.1 Å². The van der Waals surface area contributed by atoms with Crippen LogP contribution in [0.2, 0.25) is 0 Å². The van der Waals surface area contributed by atoms with Crippen LogP contribution in [0.15, 0.2) is 17.1 Å². The van der Waals surface area contributed by atoms with Gasteiger partial charge in [-0.05, 0) is 25.7 Å². The van der Waals surface area contributed by atoms with Gasteiger partial charge < -0.3 is 10.2 Å². The average molecular weight is 346 g/mol. The molecule has 25 heavy (non-hydrogen) atoms. The first-order valence-corrected chi connectivity index (χ1v) is 9.72. The highest BCUT2D eigenvalue weighted by Crippen LogP contribution is 2.23. The van der Waals surface area contributed by atoms with Crippen molar-refractivity contribution in [2.24, 2.45) is 13.0 Å². The smallest absolute Gasteiger partial charge is 0.268 e. The zero-order chi connectivity index (χ0) is 17.6. The van der Waals surface area contributed by atoms with E-state index in [9.17, 15) is 9.59 Å². The summed E-state index contributed by atoms with van der Waals surface area (Å²) in [5.74, 6) is 0.190. The number of nitrogens with zero attached hydrogens (tertiary/aromatic N) is 3. The van der Waals surface area contributed by atoms with E-state index in [0.717, 1.165) is 37.9 Å². The summed E-state index contributed by atoms with van der Waals surface area (Å²) in [5.41, 5.74) is 0.713. The molecular weight excluding hydrogens is 316 g/mol. The van der Waals surface area contributed by atoms with Gasteiger partial charge in [-0.25, -0.2) is 4.68 Å². The topological polar surface area (TPSA) is 67.2 Å². The molecule has 0 radical (unpaired) electrons. The maximum atomic E-state index is 12.7. The van der Waals surface area contributed by atoms with E-state index in [4.69, 9.17) is 0 Å². The summed E-state index contributed by atoms with van der Waals surface area (Å²) in [6.45, 7) is 1.55. The molecule has 1 saturated carbocycles. The molecular formula is C19H30N4O2. The van der Waals surface area contributed by atoms with Gasteiger partial charge >= 0.3 is 0 Å². The zero-order valence-electron chi connectivity index (χ0n) is 15.2. The molecule has 1 amide bonds. The molecule has 3 rings (SSSR count). The van der Waals surface area contributed by atoms with Gasteiger partial charge in [-0.2, -0.15) is 5.10 Å². The highest BCUT2D eigenvalue weighted by atomic mass is 16.2. The number of hydrogen-bond acceptors (Lipinski definition) is 4. The van der Waals surface area contributed by atoms with Crippen LogP contribution in [0.4, 0.5) is 5.69 Å². The van der Waals surface area contributed by atoms with Gasteiger partial charge in [0.2, 0.25) is 5.91 Å². The normalized spacial score (nSPS) is 22.9. The van der Waals surface area contributed by atoms with E-state index < -0.39 is 0 Å². The number of aromatic nitrogens is 2. The van der Waals surface area contributed by atoms with Crippen LogP contribution in [0.1, 0.15) is 57.8 Å². The highest BCUT2D eigenvalue weighted by molar-refractivity contribution is 5.79. The van der Waals surface area contributed by atoms with Gasteiger partial charge in [0.15, 0.2) is 0 Å². The van der Waals surface area contributed by atoms with Crippen molar-refractivity contribution >= 4 is 11.6 Å². The first kappa shape index (κ1) is 18.0. The largest absolute Gasteiger partial charge is 0.369 e. The summed E-state index contributed by atoms with van der Waals surface area (Å²) >= 11 is 0. The predicted octanol–water partition coefficient (Wildman–Crippen LogP) is 2.23. The zero-order valence-corrected chi connectivity index (χ0v) is 15.2. The number of nitrogens with one attached hydrogen (secondary N) is 1. The van der Waals surface area contributed by atoms with Crippen molar-refractivity contribution in [1.29, 1.82) is 0 Å². The van der Waals surface area contributed by atoms with E-state index in [-0.39, 0.29) is 17.4 Å². The predicted molar refractivity (Wildman–Crippen MR) is 98.7 cm³/mol. The lowest BCUT2D eigenvalue weighted by Crippen LogP contribution is -2.46. The number of amides is 1. The molecule has 1 aromatic rings. The SMILES string of the molecule is Cn1ncc(N2CCC[C@H](C(=O)NC3CCCCCCC3)C2)cc1=O. The molecule has 1 atom stereocenters. The fourth-order valence-electron chi connectivity index (χ4n) is 3.98. The second-order valence-corrected chi connectivity index (χ2v) is 7.51. The fourth-order valence-corrected chi connectivity index (χ4v) is 3.98. The molecule has 1 aliphatic heterocycles. The third-order valence-corrected chi connectivity index (χ3v) is 5.56. The molecule has 1 aliphatic carbocycles. The quantitative estimate of drug-likeness (QED) is 0.911. The molecule has 1 N–H and O–H groups in total. The third-order valence-electron chi connectivity index (χ3n) is 5.56. The molecule has 2 aliphatic rings. The standard InChI is InChI=1S/C19H30N4O2/c1-22-18(24)12-17(13-20-22)23-11-7-8-15(14-23)19(25)21-16-9-5-3-2-4-6-10-16/h12-13,15-16H,2-11,14H2,1H3,(H,21,25)/t15-/m0/s1. The molecule has 1 aromatic heterocycles. The molecule has 0 aromatic carbocycles. The lowest BCUT2D eigenvalue weighted by atomic mass is 9.93. The Labute approximate surface area is 149 Å². The molecule has 2 fully saturated rings. The number of carbonyl (C=O) groups excluding carboxylic acids is 1. The molecule has 2 heterocycles. The second kappa shape index (κ2) is 8.50. The molecule has 6 nitrogen and oxygen atoms in total. The molecule has 1 saturated heterocycles. The van der Waals surface area contributed by atoms with Crippen molar-refractivity contribution in [3.63, 3.8) is 0 Å². The Kier molecular flexibility index (Phi) is 6.10. The maximum absolute atomic E-state index is 12.7. The second-order valence-electron chi connectivity index (χ2n) is 7.51. The van der Waals surface area contributed by atoms with Crippen LogP contribution in [0.25, 0.3) is 0 Å². The van der Waals surface area contributed by atoms with E-state index in [0.29, 0.717) is 12.6 Å². The Morgan fingerprint density at radius 2 is 1.84 bits per heavy atom. The minimum Gasteiger partial charge on any atom is -0.369 e. The van der Waals surface area contributed by atoms with E-state index in [1.807, 2.05) is 0 Å². The minimum atomic E-state index is -0.112. The van der Waals surface area contributed by atoms with E-state index in [1.54, 1.807) is 19.3 Å². The number of rotatable bonds is 3. The van der Waals surface area contributed by atoms with Gasteiger partial charge in [0.1, 0.15) is 0 Å². The van der Waals surface area contributed by atoms with Crippen molar-refractivity contribution in [3.8, 4) is 0 Å². The first-order chi connectivity index (χ1) is 12.1. The van der Waals surface area contributed by atoms with E-state index in [2.05, 4.69) is 15.3 Å². The van der Waals surface area contributed by atoms with Gasteiger partial charge in [-0.15, -0.1) is 0 Å². The van der Waals surface area contributed by atoms with Crippen molar-refractivity contribution in [1.82, 2.24) is 15.1 Å². The van der Waals surface area contributed by atoms with Crippen LogP contribution in [-0.2, 0) is 11.8 Å². The summed E-state index contributed by atoms with van der Waals surface area (Å²) in [6.07, 6.45) is 12.2. The summed E-state index contributed by atoms with van der Waals surface area (Å²) in [7, 11) is 1.65. The van der Waals surface area contributed by atoms with Gasteiger partial charge in [0, 0.05) is 32.2 Å². The van der Waals surface area contributed by atoms with E-state index in [1.165, 1.54) is 36.8 Å². The number of carbonyl (C=O) groups is 1. The summed E-state index contributed by atoms with van der Waals surface area (Å²) < 4.78 is 1.33. The molecule has 138 valence electrons. The number of piperidine rings is 1. The molecule has 0 bridgehead atoms. The minimum absolute atomic E-state index is 0.00301. The number of hydrogen-bond donors (Lipinski definition) is 1. The monoisotopic (exact) mass is 346 g/mol. The van der Waals surface area contributed by atoms with Crippen molar-refractivity contribution in [2.75, 3.05) is 18.0 Å². The Bertz CT molecular complexity index is 635. The average Bonchev–Trinajstić information content (AvgIpc) is 2.59. The Morgan fingerprint density at radius 3 is 2.56 bits per heavy atom. The van der Waals surface area contributed by atoms with Crippen LogP contribution in [0.5, 0.6) is 0 Å². The maximum Gasteiger partial charge on any atom is 0.268 e. The van der Waals surface area contributed by atoms with Crippen LogP contribution in [-0.4, -0.2) is 34.8 Å². The van der Waals surface area contributed by atoms with Crippen molar-refractivity contribution in [3.05, 3.63) is 22.6 Å². The number of aryl methyl sites for hydroxylation is 1. The lowest BCUT2D eigenvalue weighted by Gasteiger charge is -2.34. The molecule has 0 spiro atoms.